The van der Waals surface area contributed by atoms with E-state index in [-0.39, 0.29) is 0 Å². The lowest BCUT2D eigenvalue weighted by Crippen LogP contribution is -2.11. The first kappa shape index (κ1) is 40.7. The van der Waals surface area contributed by atoms with Gasteiger partial charge in [-0.05, 0) is 122 Å². The molecule has 5 heterocycles. The molecule has 0 spiro atoms. The van der Waals surface area contributed by atoms with Crippen molar-refractivity contribution < 1.29 is 28.4 Å². The third-order valence-electron chi connectivity index (χ3n) is 8.37. The Kier molecular flexibility index (Phi) is 18.1. The van der Waals surface area contributed by atoms with Crippen LogP contribution in [0.15, 0.2) is 91.5 Å². The number of aromatic nitrogens is 5. The molecule has 0 saturated carbocycles. The monoisotopic (exact) mass is 735 g/mol. The number of hydrogen-bond acceptors (Lipinski definition) is 11. The molecule has 0 saturated heterocycles. The minimum atomic E-state index is 0.419. The van der Waals surface area contributed by atoms with E-state index in [1.165, 1.54) is 22.3 Å². The summed E-state index contributed by atoms with van der Waals surface area (Å²) < 4.78 is 34.3. The Morgan fingerprint density at radius 3 is 1.20 bits per heavy atom. The summed E-state index contributed by atoms with van der Waals surface area (Å²) >= 11 is 0. The van der Waals surface area contributed by atoms with E-state index in [0.29, 0.717) is 79.3 Å². The molecule has 5 aromatic heterocycles. The summed E-state index contributed by atoms with van der Waals surface area (Å²) in [5, 5.41) is 0. The maximum Gasteiger partial charge on any atom is 0.0889 e. The van der Waals surface area contributed by atoms with Crippen LogP contribution in [-0.4, -0.2) is 91.0 Å². The molecule has 0 aliphatic carbocycles. The first-order chi connectivity index (χ1) is 26.6. The highest BCUT2D eigenvalue weighted by atomic mass is 16.5. The average molecular weight is 736 g/mol. The first-order valence-corrected chi connectivity index (χ1v) is 18.8. The second kappa shape index (κ2) is 24.0. The van der Waals surface area contributed by atoms with Crippen molar-refractivity contribution in [2.24, 2.45) is 0 Å². The van der Waals surface area contributed by atoms with Gasteiger partial charge in [0.2, 0.25) is 0 Å². The summed E-state index contributed by atoms with van der Waals surface area (Å²) in [4.78, 5) is 22.5. The van der Waals surface area contributed by atoms with Gasteiger partial charge in [0.1, 0.15) is 0 Å². The van der Waals surface area contributed by atoms with E-state index in [4.69, 9.17) is 28.4 Å². The summed E-state index contributed by atoms with van der Waals surface area (Å²) in [6.07, 6.45) is 11.0. The molecule has 0 radical (unpaired) electrons. The Morgan fingerprint density at radius 1 is 0.407 bits per heavy atom. The molecule has 0 aliphatic heterocycles. The van der Waals surface area contributed by atoms with Gasteiger partial charge < -0.3 is 28.4 Å². The molecule has 0 N–H and O–H groups in total. The quantitative estimate of drug-likeness (QED) is 0.0548. The number of nitrogens with zero attached hydrogens (tertiary/aromatic N) is 5. The minimum Gasteiger partial charge on any atom is -0.379 e. The Hall–Kier alpha value is -4.49. The molecule has 0 unspecified atom stereocenters. The average Bonchev–Trinajstić information content (AvgIpc) is 3.19. The zero-order valence-electron chi connectivity index (χ0n) is 31.7. The molecule has 5 aromatic rings. The van der Waals surface area contributed by atoms with Crippen LogP contribution in [0.5, 0.6) is 0 Å². The molecule has 0 fully saturated rings. The van der Waals surface area contributed by atoms with E-state index in [1.54, 1.807) is 0 Å². The van der Waals surface area contributed by atoms with E-state index < -0.39 is 0 Å². The van der Waals surface area contributed by atoms with Crippen molar-refractivity contribution in [1.82, 2.24) is 24.9 Å². The largest absolute Gasteiger partial charge is 0.379 e. The van der Waals surface area contributed by atoms with E-state index in [2.05, 4.69) is 63.0 Å². The van der Waals surface area contributed by atoms with Crippen molar-refractivity contribution >= 4 is 0 Å². The van der Waals surface area contributed by atoms with Crippen LogP contribution in [0.4, 0.5) is 0 Å². The molecule has 0 amide bonds. The summed E-state index contributed by atoms with van der Waals surface area (Å²) in [6, 6.07) is 22.3. The summed E-state index contributed by atoms with van der Waals surface area (Å²) in [7, 11) is 0. The highest BCUT2D eigenvalue weighted by Crippen LogP contribution is 2.18. The fourth-order valence-corrected chi connectivity index (χ4v) is 5.57. The molecule has 11 nitrogen and oxygen atoms in total. The minimum absolute atomic E-state index is 0.419. The predicted octanol–water partition coefficient (Wildman–Crippen LogP) is 6.98. The Morgan fingerprint density at radius 2 is 0.778 bits per heavy atom. The summed E-state index contributed by atoms with van der Waals surface area (Å²) in [6.45, 7) is 10.5. The smallest absolute Gasteiger partial charge is 0.0889 e. The summed E-state index contributed by atoms with van der Waals surface area (Å²) in [5.41, 5.74) is 10.1. The van der Waals surface area contributed by atoms with Crippen LogP contribution in [0, 0.1) is 13.8 Å². The molecule has 54 heavy (non-hydrogen) atoms. The normalized spacial score (nSPS) is 11.3. The van der Waals surface area contributed by atoms with Gasteiger partial charge in [-0.1, -0.05) is 6.07 Å². The van der Waals surface area contributed by atoms with Gasteiger partial charge in [0.25, 0.3) is 0 Å². The predicted molar refractivity (Wildman–Crippen MR) is 208 cm³/mol. The Labute approximate surface area is 319 Å². The van der Waals surface area contributed by atoms with E-state index >= 15 is 0 Å². The lowest BCUT2D eigenvalue weighted by atomic mass is 10.1. The van der Waals surface area contributed by atoms with Crippen LogP contribution >= 0.6 is 0 Å². The molecule has 5 rings (SSSR count). The second-order valence-electron chi connectivity index (χ2n) is 12.9. The standard InChI is InChI=1S/C43H53N5O6/c1-34-10-14-44-40(28-34)42-30-36(12-16-46-42)6-4-18-49-20-22-51-24-26-53-32-38-8-3-9-39(48-38)33-54-27-25-52-23-21-50-19-5-7-37-13-17-47-43(31-37)41-29-35(2)11-15-45-41/h3,8-17,28-31H,4-7,18-27,32-33H2,1-2H3. The van der Waals surface area contributed by atoms with Gasteiger partial charge in [0, 0.05) is 38.0 Å². The molecule has 11 heteroatoms. The fourth-order valence-electron chi connectivity index (χ4n) is 5.57. The second-order valence-corrected chi connectivity index (χ2v) is 12.9. The fraction of sp³-hybridized carbons (Fsp3) is 0.419. The van der Waals surface area contributed by atoms with Gasteiger partial charge in [-0.15, -0.1) is 0 Å². The van der Waals surface area contributed by atoms with Crippen LogP contribution < -0.4 is 0 Å². The van der Waals surface area contributed by atoms with Crippen LogP contribution in [0.25, 0.3) is 22.8 Å². The number of pyridine rings is 5. The molecule has 0 aliphatic rings. The van der Waals surface area contributed by atoms with Crippen molar-refractivity contribution in [3.05, 3.63) is 125 Å². The van der Waals surface area contributed by atoms with Gasteiger partial charge in [-0.2, -0.15) is 0 Å². The number of aryl methyl sites for hydroxylation is 4. The third-order valence-corrected chi connectivity index (χ3v) is 8.37. The SMILES string of the molecule is Cc1ccnc(-c2cc(CCCOCCOCCOCc3cccc(COCCOCCOCCCc4ccnc(-c5cc(C)ccn5)c4)n3)ccn2)c1. The van der Waals surface area contributed by atoms with Crippen LogP contribution in [0.2, 0.25) is 0 Å². The van der Waals surface area contributed by atoms with Crippen LogP contribution in [0.3, 0.4) is 0 Å². The van der Waals surface area contributed by atoms with Gasteiger partial charge in [0.15, 0.2) is 0 Å². The van der Waals surface area contributed by atoms with Gasteiger partial charge in [-0.25, -0.2) is 0 Å². The highest BCUT2D eigenvalue weighted by molar-refractivity contribution is 5.56. The number of hydrogen-bond donors (Lipinski definition) is 0. The number of rotatable bonds is 26. The van der Waals surface area contributed by atoms with Crippen molar-refractivity contribution in [1.29, 1.82) is 0 Å². The molecular weight excluding hydrogens is 683 g/mol. The molecule has 0 atom stereocenters. The van der Waals surface area contributed by atoms with Crippen LogP contribution in [-0.2, 0) is 54.5 Å². The molecular formula is C43H53N5O6. The van der Waals surface area contributed by atoms with Crippen molar-refractivity contribution in [3.8, 4) is 22.8 Å². The van der Waals surface area contributed by atoms with Crippen molar-refractivity contribution in [3.63, 3.8) is 0 Å². The summed E-state index contributed by atoms with van der Waals surface area (Å²) in [5.74, 6) is 0. The van der Waals surface area contributed by atoms with E-state index in [9.17, 15) is 0 Å². The van der Waals surface area contributed by atoms with Gasteiger partial charge >= 0.3 is 0 Å². The zero-order valence-corrected chi connectivity index (χ0v) is 31.7. The van der Waals surface area contributed by atoms with Crippen molar-refractivity contribution in [2.75, 3.05) is 66.1 Å². The lowest BCUT2D eigenvalue weighted by Gasteiger charge is -2.09. The maximum atomic E-state index is 5.75. The highest BCUT2D eigenvalue weighted by Gasteiger charge is 2.05. The number of ether oxygens (including phenoxy) is 6. The van der Waals surface area contributed by atoms with E-state index in [1.807, 2.05) is 67.3 Å². The van der Waals surface area contributed by atoms with Gasteiger partial charge in [-0.3, -0.25) is 24.9 Å². The Bertz CT molecular complexity index is 1680. The first-order valence-electron chi connectivity index (χ1n) is 18.8. The zero-order chi connectivity index (χ0) is 37.5. The molecule has 286 valence electrons. The molecule has 0 bridgehead atoms. The topological polar surface area (TPSA) is 120 Å². The lowest BCUT2D eigenvalue weighted by molar-refractivity contribution is 0.00823. The van der Waals surface area contributed by atoms with Crippen molar-refractivity contribution in [2.45, 2.75) is 52.7 Å². The van der Waals surface area contributed by atoms with Gasteiger partial charge in [0.05, 0.1) is 100 Å². The maximum absolute atomic E-state index is 5.75. The Balaban J connectivity index is 0.805. The third kappa shape index (κ3) is 15.5. The molecule has 0 aromatic carbocycles. The van der Waals surface area contributed by atoms with Crippen LogP contribution in [0.1, 0.15) is 46.5 Å². The van der Waals surface area contributed by atoms with E-state index in [0.717, 1.165) is 59.8 Å².